The Morgan fingerprint density at radius 2 is 2.00 bits per heavy atom. The van der Waals surface area contributed by atoms with E-state index in [2.05, 4.69) is 41.0 Å². The highest BCUT2D eigenvalue weighted by atomic mass is 16.5. The van der Waals surface area contributed by atoms with Crippen LogP contribution in [0.3, 0.4) is 0 Å². The lowest BCUT2D eigenvalue weighted by Gasteiger charge is -2.22. The molecule has 0 aliphatic rings. The maximum absolute atomic E-state index is 5.17. The molecular formula is C15H28N4O. The summed E-state index contributed by atoms with van der Waals surface area (Å²) in [5, 5.41) is 3.34. The van der Waals surface area contributed by atoms with Crippen LogP contribution in [0.5, 0.6) is 0 Å². The Bertz CT molecular complexity index is 384. The molecular weight excluding hydrogens is 252 g/mol. The molecule has 5 heteroatoms. The molecule has 0 fully saturated rings. The molecule has 20 heavy (non-hydrogen) atoms. The summed E-state index contributed by atoms with van der Waals surface area (Å²) in [4.78, 5) is 11.4. The Morgan fingerprint density at radius 3 is 2.60 bits per heavy atom. The minimum absolute atomic E-state index is 0.444. The van der Waals surface area contributed by atoms with Crippen molar-refractivity contribution >= 4 is 11.6 Å². The quantitative estimate of drug-likeness (QED) is 0.714. The van der Waals surface area contributed by atoms with Gasteiger partial charge in [0.1, 0.15) is 18.2 Å². The molecule has 5 nitrogen and oxygen atoms in total. The van der Waals surface area contributed by atoms with Gasteiger partial charge in [-0.3, -0.25) is 0 Å². The number of rotatable bonds is 10. The second-order valence-electron chi connectivity index (χ2n) is 4.82. The number of methoxy groups -OCH3 is 1. The minimum atomic E-state index is 0.444. The third-order valence-electron chi connectivity index (χ3n) is 3.08. The molecule has 0 unspecified atom stereocenters. The summed E-state index contributed by atoms with van der Waals surface area (Å²) in [6, 6.07) is 2.04. The number of unbranched alkanes of at least 4 members (excludes halogenated alkanes) is 1. The summed E-state index contributed by atoms with van der Waals surface area (Å²) in [7, 11) is 1.67. The van der Waals surface area contributed by atoms with Crippen LogP contribution in [-0.4, -0.2) is 36.7 Å². The second-order valence-corrected chi connectivity index (χ2v) is 4.82. The largest absolute Gasteiger partial charge is 0.377 e. The molecule has 0 atom stereocenters. The van der Waals surface area contributed by atoms with E-state index in [1.807, 2.05) is 6.07 Å². The average Bonchev–Trinajstić information content (AvgIpc) is 2.46. The maximum Gasteiger partial charge on any atom is 0.158 e. The van der Waals surface area contributed by atoms with Crippen molar-refractivity contribution in [1.29, 1.82) is 0 Å². The molecule has 0 bridgehead atoms. The molecule has 1 heterocycles. The van der Waals surface area contributed by atoms with Crippen LogP contribution in [0.1, 0.15) is 45.9 Å². The second kappa shape index (κ2) is 9.53. The Morgan fingerprint density at radius 1 is 1.20 bits per heavy atom. The van der Waals surface area contributed by atoms with E-state index in [1.165, 1.54) is 12.8 Å². The van der Waals surface area contributed by atoms with Crippen LogP contribution < -0.4 is 10.2 Å². The first-order chi connectivity index (χ1) is 9.74. The molecule has 0 aliphatic heterocycles. The third-order valence-corrected chi connectivity index (χ3v) is 3.08. The van der Waals surface area contributed by atoms with Gasteiger partial charge in [-0.05, 0) is 19.8 Å². The zero-order valence-corrected chi connectivity index (χ0v) is 13.3. The van der Waals surface area contributed by atoms with Crippen LogP contribution in [0.4, 0.5) is 11.6 Å². The molecule has 114 valence electrons. The van der Waals surface area contributed by atoms with Gasteiger partial charge in [0.05, 0.1) is 0 Å². The van der Waals surface area contributed by atoms with Crippen molar-refractivity contribution in [3.05, 3.63) is 11.9 Å². The van der Waals surface area contributed by atoms with Crippen LogP contribution >= 0.6 is 0 Å². The highest BCUT2D eigenvalue weighted by Gasteiger charge is 2.10. The Kier molecular flexibility index (Phi) is 7.95. The predicted octanol–water partition coefficient (Wildman–Crippen LogP) is 3.07. The highest BCUT2D eigenvalue weighted by Crippen LogP contribution is 2.17. The molecule has 0 saturated carbocycles. The van der Waals surface area contributed by atoms with Gasteiger partial charge in [-0.2, -0.15) is 0 Å². The fourth-order valence-corrected chi connectivity index (χ4v) is 1.97. The van der Waals surface area contributed by atoms with Gasteiger partial charge >= 0.3 is 0 Å². The van der Waals surface area contributed by atoms with Gasteiger partial charge in [-0.15, -0.1) is 0 Å². The summed E-state index contributed by atoms with van der Waals surface area (Å²) in [5.74, 6) is 2.61. The van der Waals surface area contributed by atoms with Gasteiger partial charge in [-0.25, -0.2) is 9.97 Å². The molecule has 0 spiro atoms. The topological polar surface area (TPSA) is 50.3 Å². The molecule has 0 saturated heterocycles. The van der Waals surface area contributed by atoms with E-state index < -0.39 is 0 Å². The van der Waals surface area contributed by atoms with E-state index in [0.29, 0.717) is 6.61 Å². The molecule has 1 aromatic rings. The predicted molar refractivity (Wildman–Crippen MR) is 84.3 cm³/mol. The van der Waals surface area contributed by atoms with Crippen molar-refractivity contribution in [2.45, 2.75) is 46.6 Å². The van der Waals surface area contributed by atoms with Crippen LogP contribution in [0.15, 0.2) is 6.07 Å². The molecule has 1 aromatic heterocycles. The molecule has 1 N–H and O–H groups in total. The lowest BCUT2D eigenvalue weighted by Crippen LogP contribution is -2.25. The lowest BCUT2D eigenvalue weighted by atomic mass is 10.3. The first-order valence-electron chi connectivity index (χ1n) is 7.60. The lowest BCUT2D eigenvalue weighted by molar-refractivity contribution is 0.178. The molecule has 0 aromatic carbocycles. The van der Waals surface area contributed by atoms with Crippen molar-refractivity contribution in [3.8, 4) is 0 Å². The number of aromatic nitrogens is 2. The van der Waals surface area contributed by atoms with Gasteiger partial charge < -0.3 is 15.0 Å². The van der Waals surface area contributed by atoms with E-state index >= 15 is 0 Å². The van der Waals surface area contributed by atoms with Crippen molar-refractivity contribution in [1.82, 2.24) is 9.97 Å². The SMILES string of the molecule is CCCCN(CC)c1cc(NCCC)nc(COC)n1. The zero-order valence-electron chi connectivity index (χ0n) is 13.3. The fourth-order valence-electron chi connectivity index (χ4n) is 1.97. The summed E-state index contributed by atoms with van der Waals surface area (Å²) >= 11 is 0. The van der Waals surface area contributed by atoms with Crippen LogP contribution in [0.2, 0.25) is 0 Å². The van der Waals surface area contributed by atoms with Crippen molar-refractivity contribution < 1.29 is 4.74 Å². The Labute approximate surface area is 122 Å². The standard InChI is InChI=1S/C15H28N4O/c1-5-8-10-19(7-3)15-11-13(16-9-6-2)17-14(18-15)12-20-4/h11H,5-10,12H2,1-4H3,(H,16,17,18). The smallest absolute Gasteiger partial charge is 0.158 e. The van der Waals surface area contributed by atoms with Crippen LogP contribution in [0.25, 0.3) is 0 Å². The summed E-state index contributed by atoms with van der Waals surface area (Å²) in [6.45, 7) is 9.86. The third kappa shape index (κ3) is 5.33. The minimum Gasteiger partial charge on any atom is -0.377 e. The van der Waals surface area contributed by atoms with E-state index in [9.17, 15) is 0 Å². The normalized spacial score (nSPS) is 10.6. The van der Waals surface area contributed by atoms with Crippen LogP contribution in [-0.2, 0) is 11.3 Å². The van der Waals surface area contributed by atoms with Crippen LogP contribution in [0, 0.1) is 0 Å². The molecule has 0 aliphatic carbocycles. The van der Waals surface area contributed by atoms with Crippen molar-refractivity contribution in [2.24, 2.45) is 0 Å². The number of hydrogen-bond acceptors (Lipinski definition) is 5. The van der Waals surface area contributed by atoms with Gasteiger partial charge in [-0.1, -0.05) is 20.3 Å². The molecule has 1 rings (SSSR count). The Hall–Kier alpha value is -1.36. The highest BCUT2D eigenvalue weighted by molar-refractivity contribution is 5.49. The monoisotopic (exact) mass is 280 g/mol. The van der Waals surface area contributed by atoms with Gasteiger partial charge in [0.2, 0.25) is 0 Å². The molecule has 0 amide bonds. The van der Waals surface area contributed by atoms with Crippen molar-refractivity contribution in [2.75, 3.05) is 37.0 Å². The van der Waals surface area contributed by atoms with E-state index in [1.54, 1.807) is 7.11 Å². The number of hydrogen-bond donors (Lipinski definition) is 1. The summed E-state index contributed by atoms with van der Waals surface area (Å²) in [5.41, 5.74) is 0. The van der Waals surface area contributed by atoms with E-state index in [4.69, 9.17) is 4.74 Å². The maximum atomic E-state index is 5.17. The summed E-state index contributed by atoms with van der Waals surface area (Å²) in [6.07, 6.45) is 3.44. The number of nitrogens with zero attached hydrogens (tertiary/aromatic N) is 3. The van der Waals surface area contributed by atoms with Crippen molar-refractivity contribution in [3.63, 3.8) is 0 Å². The number of ether oxygens (including phenoxy) is 1. The number of nitrogens with one attached hydrogen (secondary N) is 1. The average molecular weight is 280 g/mol. The van der Waals surface area contributed by atoms with Gasteiger partial charge in [0, 0.05) is 32.8 Å². The first-order valence-corrected chi connectivity index (χ1v) is 7.60. The zero-order chi connectivity index (χ0) is 14.8. The Balaban J connectivity index is 2.92. The van der Waals surface area contributed by atoms with Gasteiger partial charge in [0.15, 0.2) is 5.82 Å². The first kappa shape index (κ1) is 16.7. The van der Waals surface area contributed by atoms with Gasteiger partial charge in [0.25, 0.3) is 0 Å². The molecule has 0 radical (unpaired) electrons. The van der Waals surface area contributed by atoms with E-state index in [-0.39, 0.29) is 0 Å². The van der Waals surface area contributed by atoms with E-state index in [0.717, 1.165) is 43.5 Å². The summed E-state index contributed by atoms with van der Waals surface area (Å²) < 4.78 is 5.17. The number of anilines is 2. The fraction of sp³-hybridized carbons (Fsp3) is 0.733.